The van der Waals surface area contributed by atoms with Gasteiger partial charge in [-0.3, -0.25) is 9.59 Å². The number of hydrogen-bond donors (Lipinski definition) is 2. The molecule has 9 heteroatoms. The van der Waals surface area contributed by atoms with Gasteiger partial charge in [-0.25, -0.2) is 8.42 Å². The molecule has 0 radical (unpaired) electrons. The predicted molar refractivity (Wildman–Crippen MR) is 115 cm³/mol. The fourth-order valence-corrected chi connectivity index (χ4v) is 5.01. The highest BCUT2D eigenvalue weighted by Gasteiger charge is 2.24. The van der Waals surface area contributed by atoms with E-state index in [4.69, 9.17) is 0 Å². The van der Waals surface area contributed by atoms with Gasteiger partial charge in [0.2, 0.25) is 15.9 Å². The van der Waals surface area contributed by atoms with Crippen LogP contribution in [0.25, 0.3) is 0 Å². The smallest absolute Gasteiger partial charge is 0.255 e. The highest BCUT2D eigenvalue weighted by Crippen LogP contribution is 2.36. The van der Waals surface area contributed by atoms with Crippen molar-refractivity contribution in [1.29, 1.82) is 0 Å². The summed E-state index contributed by atoms with van der Waals surface area (Å²) in [5, 5.41) is 5.38. The molecule has 1 unspecified atom stereocenters. The second-order valence-corrected chi connectivity index (χ2v) is 10.4. The maximum Gasteiger partial charge on any atom is 0.255 e. The second kappa shape index (κ2) is 8.17. The Morgan fingerprint density at radius 1 is 1.17 bits per heavy atom. The number of benzene rings is 2. The number of carbonyl (C=O) groups excluding carboxylic acids is 2. The summed E-state index contributed by atoms with van der Waals surface area (Å²) in [6, 6.07) is 11.0. The molecule has 0 aliphatic carbocycles. The van der Waals surface area contributed by atoms with Crippen LogP contribution in [0.1, 0.15) is 31.1 Å². The van der Waals surface area contributed by atoms with Crippen LogP contribution in [-0.4, -0.2) is 42.9 Å². The van der Waals surface area contributed by atoms with Gasteiger partial charge in [-0.2, -0.15) is 4.31 Å². The van der Waals surface area contributed by atoms with Gasteiger partial charge in [0, 0.05) is 29.2 Å². The third-order valence-electron chi connectivity index (χ3n) is 4.69. The van der Waals surface area contributed by atoms with Gasteiger partial charge in [0.05, 0.1) is 15.8 Å². The average Bonchev–Trinajstić information content (AvgIpc) is 2.68. The van der Waals surface area contributed by atoms with E-state index in [1.165, 1.54) is 35.2 Å². The van der Waals surface area contributed by atoms with E-state index in [0.717, 1.165) is 4.90 Å². The van der Waals surface area contributed by atoms with Gasteiger partial charge in [0.25, 0.3) is 5.91 Å². The highest BCUT2D eigenvalue weighted by molar-refractivity contribution is 8.01. The third-order valence-corrected chi connectivity index (χ3v) is 7.91. The third kappa shape index (κ3) is 4.47. The molecule has 154 valence electrons. The van der Waals surface area contributed by atoms with E-state index in [-0.39, 0.29) is 28.0 Å². The molecule has 0 spiro atoms. The minimum atomic E-state index is -3.58. The molecule has 0 bridgehead atoms. The fraction of sp³-hybridized carbons (Fsp3) is 0.300. The zero-order valence-electron chi connectivity index (χ0n) is 16.6. The molecule has 1 atom stereocenters. The molecule has 1 heterocycles. The minimum Gasteiger partial charge on any atom is -0.324 e. The van der Waals surface area contributed by atoms with Crippen LogP contribution in [-0.2, 0) is 14.8 Å². The van der Waals surface area contributed by atoms with Gasteiger partial charge >= 0.3 is 0 Å². The SMILES string of the molecule is CC1Sc2ccc(C(=O)Nc3ccc(S(=O)(=O)N(C)C(C)C)cc3)cc2NC1=O. The quantitative estimate of drug-likeness (QED) is 0.753. The number of carbonyl (C=O) groups is 2. The van der Waals surface area contributed by atoms with Crippen molar-refractivity contribution in [3.05, 3.63) is 48.0 Å². The first-order valence-corrected chi connectivity index (χ1v) is 11.4. The molecular weight excluding hydrogens is 410 g/mol. The number of rotatable bonds is 5. The highest BCUT2D eigenvalue weighted by atomic mass is 32.2. The molecule has 7 nitrogen and oxygen atoms in total. The molecular formula is C20H23N3O4S2. The van der Waals surface area contributed by atoms with E-state index in [1.807, 2.05) is 13.0 Å². The maximum absolute atomic E-state index is 12.6. The molecule has 2 aromatic rings. The number of amides is 2. The van der Waals surface area contributed by atoms with Gasteiger partial charge < -0.3 is 10.6 Å². The molecule has 2 amide bonds. The Balaban J connectivity index is 1.75. The molecule has 1 aliphatic heterocycles. The normalized spacial score (nSPS) is 16.5. The number of fused-ring (bicyclic) bond motifs is 1. The van der Waals surface area contributed by atoms with Crippen LogP contribution in [0, 0.1) is 0 Å². The predicted octanol–water partition coefficient (Wildman–Crippen LogP) is 3.40. The van der Waals surface area contributed by atoms with Gasteiger partial charge in [-0.1, -0.05) is 0 Å². The first-order chi connectivity index (χ1) is 13.6. The standard InChI is InChI=1S/C20H23N3O4S2/c1-12(2)23(4)29(26,27)16-8-6-15(7-9-16)21-20(25)14-5-10-18-17(11-14)22-19(24)13(3)28-18/h5-13H,1-4H3,(H,21,25)(H,22,24). The van der Waals surface area contributed by atoms with E-state index in [9.17, 15) is 18.0 Å². The second-order valence-electron chi connectivity index (χ2n) is 7.05. The van der Waals surface area contributed by atoms with Gasteiger partial charge in [0.15, 0.2) is 0 Å². The van der Waals surface area contributed by atoms with Gasteiger partial charge in [-0.05, 0) is 63.2 Å². The Kier molecular flexibility index (Phi) is 6.02. The molecule has 2 aromatic carbocycles. The summed E-state index contributed by atoms with van der Waals surface area (Å²) >= 11 is 1.45. The summed E-state index contributed by atoms with van der Waals surface area (Å²) in [6.07, 6.45) is 0. The van der Waals surface area contributed by atoms with Gasteiger partial charge in [0.1, 0.15) is 0 Å². The lowest BCUT2D eigenvalue weighted by atomic mass is 10.1. The number of nitrogens with one attached hydrogen (secondary N) is 2. The molecule has 0 saturated heterocycles. The summed E-state index contributed by atoms with van der Waals surface area (Å²) in [5.41, 5.74) is 1.49. The van der Waals surface area contributed by atoms with E-state index in [1.54, 1.807) is 38.1 Å². The maximum atomic E-state index is 12.6. The Morgan fingerprint density at radius 3 is 2.45 bits per heavy atom. The van der Waals surface area contributed by atoms with Gasteiger partial charge in [-0.15, -0.1) is 11.8 Å². The first kappa shape index (κ1) is 21.4. The largest absolute Gasteiger partial charge is 0.324 e. The van der Waals surface area contributed by atoms with Crippen LogP contribution in [0.2, 0.25) is 0 Å². The Labute approximate surface area is 174 Å². The van der Waals surface area contributed by atoms with E-state index >= 15 is 0 Å². The Bertz CT molecular complexity index is 1050. The van der Waals surface area contributed by atoms with Crippen molar-refractivity contribution in [3.8, 4) is 0 Å². The van der Waals surface area contributed by atoms with Crippen molar-refractivity contribution in [1.82, 2.24) is 4.31 Å². The lowest BCUT2D eigenvalue weighted by Crippen LogP contribution is -2.33. The van der Waals surface area contributed by atoms with Crippen LogP contribution >= 0.6 is 11.8 Å². The van der Waals surface area contributed by atoms with Crippen LogP contribution in [0.3, 0.4) is 0 Å². The number of hydrogen-bond acceptors (Lipinski definition) is 5. The number of thioether (sulfide) groups is 1. The lowest BCUT2D eigenvalue weighted by molar-refractivity contribution is -0.115. The zero-order chi connectivity index (χ0) is 21.3. The molecule has 29 heavy (non-hydrogen) atoms. The van der Waals surface area contributed by atoms with Crippen molar-refractivity contribution in [2.45, 2.75) is 41.9 Å². The van der Waals surface area contributed by atoms with Crippen molar-refractivity contribution in [2.24, 2.45) is 0 Å². The summed E-state index contributed by atoms with van der Waals surface area (Å²) < 4.78 is 26.3. The van der Waals surface area contributed by atoms with Crippen molar-refractivity contribution in [2.75, 3.05) is 17.7 Å². The van der Waals surface area contributed by atoms with E-state index in [0.29, 0.717) is 16.9 Å². The van der Waals surface area contributed by atoms with Crippen molar-refractivity contribution in [3.63, 3.8) is 0 Å². The first-order valence-electron chi connectivity index (χ1n) is 9.10. The number of sulfonamides is 1. The molecule has 3 rings (SSSR count). The number of nitrogens with zero attached hydrogens (tertiary/aromatic N) is 1. The molecule has 0 aromatic heterocycles. The van der Waals surface area contributed by atoms with Crippen molar-refractivity contribution >= 4 is 45.0 Å². The summed E-state index contributed by atoms with van der Waals surface area (Å²) in [5.74, 6) is -0.441. The summed E-state index contributed by atoms with van der Waals surface area (Å²) in [4.78, 5) is 25.5. The number of anilines is 2. The summed E-state index contributed by atoms with van der Waals surface area (Å²) in [7, 11) is -2.05. The van der Waals surface area contributed by atoms with Crippen molar-refractivity contribution < 1.29 is 18.0 Å². The average molecular weight is 434 g/mol. The fourth-order valence-electron chi connectivity index (χ4n) is 2.71. The Morgan fingerprint density at radius 2 is 1.83 bits per heavy atom. The topological polar surface area (TPSA) is 95.6 Å². The lowest BCUT2D eigenvalue weighted by Gasteiger charge is -2.22. The monoisotopic (exact) mass is 433 g/mol. The summed E-state index contributed by atoms with van der Waals surface area (Å²) in [6.45, 7) is 5.42. The molecule has 0 saturated carbocycles. The van der Waals surface area contributed by atoms with Crippen LogP contribution in [0.5, 0.6) is 0 Å². The van der Waals surface area contributed by atoms with Crippen LogP contribution in [0.15, 0.2) is 52.3 Å². The Hall–Kier alpha value is -2.36. The van der Waals surface area contributed by atoms with Crippen LogP contribution < -0.4 is 10.6 Å². The van der Waals surface area contributed by atoms with E-state index in [2.05, 4.69) is 10.6 Å². The zero-order valence-corrected chi connectivity index (χ0v) is 18.2. The minimum absolute atomic E-state index is 0.0942. The van der Waals surface area contributed by atoms with Crippen LogP contribution in [0.4, 0.5) is 11.4 Å². The van der Waals surface area contributed by atoms with E-state index < -0.39 is 10.0 Å². The molecule has 1 aliphatic rings. The molecule has 2 N–H and O–H groups in total. The molecule has 0 fully saturated rings.